The minimum absolute atomic E-state index is 0.134. The smallest absolute Gasteiger partial charge is 0.243 e. The summed E-state index contributed by atoms with van der Waals surface area (Å²) < 4.78 is 27.8. The maximum absolute atomic E-state index is 13.1. The van der Waals surface area contributed by atoms with Crippen LogP contribution in [0.5, 0.6) is 0 Å². The Morgan fingerprint density at radius 1 is 1.04 bits per heavy atom. The third-order valence-electron chi connectivity index (χ3n) is 5.96. The summed E-state index contributed by atoms with van der Waals surface area (Å²) in [6.45, 7) is 0. The van der Waals surface area contributed by atoms with E-state index < -0.39 is 10.0 Å². The number of benzene rings is 1. The molecule has 0 spiro atoms. The van der Waals surface area contributed by atoms with E-state index in [1.807, 2.05) is 18.2 Å². The molecule has 2 saturated heterocycles. The first kappa shape index (κ1) is 15.6. The van der Waals surface area contributed by atoms with Gasteiger partial charge in [-0.05, 0) is 74.6 Å². The Kier molecular flexibility index (Phi) is 3.98. The Morgan fingerprint density at radius 3 is 2.39 bits per heavy atom. The van der Waals surface area contributed by atoms with Crippen LogP contribution >= 0.6 is 0 Å². The van der Waals surface area contributed by atoms with E-state index in [1.165, 1.54) is 36.8 Å². The van der Waals surface area contributed by atoms with E-state index in [0.717, 1.165) is 25.7 Å². The van der Waals surface area contributed by atoms with Gasteiger partial charge in [-0.25, -0.2) is 8.42 Å². The molecule has 2 aliphatic heterocycles. The number of fused-ring (bicyclic) bond motifs is 3. The van der Waals surface area contributed by atoms with Crippen molar-refractivity contribution in [3.8, 4) is 0 Å². The van der Waals surface area contributed by atoms with Crippen molar-refractivity contribution in [1.29, 1.82) is 0 Å². The fraction of sp³-hybridized carbons (Fsp3) is 0.667. The van der Waals surface area contributed by atoms with Gasteiger partial charge in [0, 0.05) is 25.2 Å². The Balaban J connectivity index is 1.59. The fourth-order valence-corrected chi connectivity index (χ4v) is 5.99. The van der Waals surface area contributed by atoms with E-state index in [4.69, 9.17) is 0 Å². The van der Waals surface area contributed by atoms with Gasteiger partial charge >= 0.3 is 0 Å². The van der Waals surface area contributed by atoms with Gasteiger partial charge in [-0.2, -0.15) is 4.31 Å². The zero-order valence-electron chi connectivity index (χ0n) is 13.8. The highest BCUT2D eigenvalue weighted by molar-refractivity contribution is 7.89. The van der Waals surface area contributed by atoms with Gasteiger partial charge < -0.3 is 5.32 Å². The molecule has 5 heteroatoms. The highest BCUT2D eigenvalue weighted by atomic mass is 32.2. The van der Waals surface area contributed by atoms with Gasteiger partial charge in [0.15, 0.2) is 0 Å². The predicted octanol–water partition coefficient (Wildman–Crippen LogP) is 2.47. The van der Waals surface area contributed by atoms with Crippen molar-refractivity contribution in [2.24, 2.45) is 0 Å². The Hall–Kier alpha value is -0.910. The van der Waals surface area contributed by atoms with Crippen molar-refractivity contribution >= 4 is 10.0 Å². The second kappa shape index (κ2) is 5.87. The number of sulfonamides is 1. The van der Waals surface area contributed by atoms with Gasteiger partial charge in [0.1, 0.15) is 0 Å². The molecule has 2 fully saturated rings. The van der Waals surface area contributed by atoms with Crippen molar-refractivity contribution in [2.45, 2.75) is 74.4 Å². The summed E-state index contributed by atoms with van der Waals surface area (Å²) >= 11 is 0. The molecule has 4 nitrogen and oxygen atoms in total. The van der Waals surface area contributed by atoms with Crippen molar-refractivity contribution in [2.75, 3.05) is 7.05 Å². The van der Waals surface area contributed by atoms with Crippen molar-refractivity contribution in [1.82, 2.24) is 9.62 Å². The molecule has 0 aromatic heterocycles. The third-order valence-corrected chi connectivity index (χ3v) is 7.87. The topological polar surface area (TPSA) is 49.4 Å². The average Bonchev–Trinajstić information content (AvgIpc) is 2.91. The number of piperidine rings is 1. The van der Waals surface area contributed by atoms with Crippen LogP contribution < -0.4 is 5.32 Å². The first-order valence-electron chi connectivity index (χ1n) is 8.90. The lowest BCUT2D eigenvalue weighted by molar-refractivity contribution is 0.251. The summed E-state index contributed by atoms with van der Waals surface area (Å²) in [5, 5.41) is 3.59. The Bertz CT molecular complexity index is 689. The highest BCUT2D eigenvalue weighted by Crippen LogP contribution is 2.32. The lowest BCUT2D eigenvalue weighted by Gasteiger charge is -2.35. The van der Waals surface area contributed by atoms with E-state index in [9.17, 15) is 8.42 Å². The first-order chi connectivity index (χ1) is 11.0. The van der Waals surface area contributed by atoms with Crippen molar-refractivity contribution in [3.05, 3.63) is 29.3 Å². The minimum atomic E-state index is -3.39. The Labute approximate surface area is 139 Å². The predicted molar refractivity (Wildman–Crippen MR) is 91.0 cm³/mol. The fourth-order valence-electron chi connectivity index (χ4n) is 4.56. The van der Waals surface area contributed by atoms with Crippen LogP contribution in [0.25, 0.3) is 0 Å². The van der Waals surface area contributed by atoms with Crippen LogP contribution in [-0.4, -0.2) is 37.9 Å². The zero-order valence-corrected chi connectivity index (χ0v) is 14.6. The molecule has 1 aliphatic carbocycles. The molecule has 3 aliphatic rings. The van der Waals surface area contributed by atoms with Crippen LogP contribution in [0.1, 0.15) is 49.7 Å². The van der Waals surface area contributed by atoms with Crippen LogP contribution in [0.15, 0.2) is 23.1 Å². The molecule has 2 bridgehead atoms. The quantitative estimate of drug-likeness (QED) is 0.924. The molecule has 0 amide bonds. The standard InChI is InChI=1S/C18H26N2O2S/c1-20(17-11-15-7-8-16(12-17)19-15)23(21,22)18-9-6-13-4-2-3-5-14(13)10-18/h6,9-10,15-17,19H,2-5,7-8,11-12H2,1H3. The lowest BCUT2D eigenvalue weighted by Crippen LogP contribution is -2.48. The van der Waals surface area contributed by atoms with Gasteiger partial charge in [0.05, 0.1) is 4.90 Å². The number of rotatable bonds is 3. The Morgan fingerprint density at radius 2 is 1.70 bits per heavy atom. The third kappa shape index (κ3) is 2.83. The van der Waals surface area contributed by atoms with Gasteiger partial charge in [-0.1, -0.05) is 6.07 Å². The van der Waals surface area contributed by atoms with Gasteiger partial charge in [0.2, 0.25) is 10.0 Å². The van der Waals surface area contributed by atoms with E-state index in [-0.39, 0.29) is 6.04 Å². The van der Waals surface area contributed by atoms with Crippen molar-refractivity contribution in [3.63, 3.8) is 0 Å². The van der Waals surface area contributed by atoms with Crippen LogP contribution in [0.2, 0.25) is 0 Å². The molecule has 23 heavy (non-hydrogen) atoms. The molecule has 2 unspecified atom stereocenters. The lowest BCUT2D eigenvalue weighted by atomic mass is 9.92. The van der Waals surface area contributed by atoms with Crippen LogP contribution in [-0.2, 0) is 22.9 Å². The average molecular weight is 334 g/mol. The number of hydrogen-bond donors (Lipinski definition) is 1. The van der Waals surface area contributed by atoms with Gasteiger partial charge in [-0.15, -0.1) is 0 Å². The second-order valence-corrected chi connectivity index (χ2v) is 9.42. The second-order valence-electron chi connectivity index (χ2n) is 7.42. The molecule has 1 N–H and O–H groups in total. The molecule has 4 rings (SSSR count). The summed E-state index contributed by atoms with van der Waals surface area (Å²) in [5.41, 5.74) is 2.56. The maximum atomic E-state index is 13.1. The summed E-state index contributed by atoms with van der Waals surface area (Å²) in [7, 11) is -1.62. The molecule has 2 heterocycles. The molecule has 126 valence electrons. The summed E-state index contributed by atoms with van der Waals surface area (Å²) in [6.07, 6.45) is 8.75. The number of hydrogen-bond acceptors (Lipinski definition) is 3. The molecule has 0 saturated carbocycles. The largest absolute Gasteiger partial charge is 0.311 e. The molecule has 0 radical (unpaired) electrons. The van der Waals surface area contributed by atoms with E-state index in [1.54, 1.807) is 11.4 Å². The van der Waals surface area contributed by atoms with Crippen LogP contribution in [0.4, 0.5) is 0 Å². The number of nitrogens with zero attached hydrogens (tertiary/aromatic N) is 1. The van der Waals surface area contributed by atoms with Gasteiger partial charge in [0.25, 0.3) is 0 Å². The summed E-state index contributed by atoms with van der Waals surface area (Å²) in [6, 6.07) is 6.90. The zero-order chi connectivity index (χ0) is 16.0. The summed E-state index contributed by atoms with van der Waals surface area (Å²) in [5.74, 6) is 0. The minimum Gasteiger partial charge on any atom is -0.311 e. The monoisotopic (exact) mass is 334 g/mol. The van der Waals surface area contributed by atoms with Crippen LogP contribution in [0.3, 0.4) is 0 Å². The van der Waals surface area contributed by atoms with E-state index >= 15 is 0 Å². The first-order valence-corrected chi connectivity index (χ1v) is 10.3. The van der Waals surface area contributed by atoms with Crippen LogP contribution in [0, 0.1) is 0 Å². The molecular formula is C18H26N2O2S. The number of aryl methyl sites for hydroxylation is 2. The summed E-state index contributed by atoms with van der Waals surface area (Å²) in [4.78, 5) is 0.478. The molecule has 2 atom stereocenters. The van der Waals surface area contributed by atoms with Gasteiger partial charge in [-0.3, -0.25) is 0 Å². The van der Waals surface area contributed by atoms with Crippen molar-refractivity contribution < 1.29 is 8.42 Å². The normalized spacial score (nSPS) is 30.4. The van der Waals surface area contributed by atoms with E-state index in [0.29, 0.717) is 17.0 Å². The van der Waals surface area contributed by atoms with E-state index in [2.05, 4.69) is 5.32 Å². The maximum Gasteiger partial charge on any atom is 0.243 e. The molecule has 1 aromatic rings. The molecule has 1 aromatic carbocycles. The molecular weight excluding hydrogens is 308 g/mol. The highest BCUT2D eigenvalue weighted by Gasteiger charge is 2.38. The SMILES string of the molecule is CN(C1CC2CCC(C1)N2)S(=O)(=O)c1ccc2c(c1)CCCC2. The number of nitrogens with one attached hydrogen (secondary N) is 1.